The molecule has 7 nitrogen and oxygen atoms in total. The second kappa shape index (κ2) is 4.09. The summed E-state index contributed by atoms with van der Waals surface area (Å²) in [5.41, 5.74) is 4.55. The Bertz CT molecular complexity index is 138. The van der Waals surface area contributed by atoms with Crippen LogP contribution in [-0.2, 0) is 0 Å². The topological polar surface area (TPSA) is 136 Å². The van der Waals surface area contributed by atoms with E-state index >= 15 is 0 Å². The quantitative estimate of drug-likeness (QED) is 0.243. The highest BCUT2D eigenvalue weighted by molar-refractivity contribution is 5.71. The first-order valence-corrected chi connectivity index (χ1v) is 2.73. The van der Waals surface area contributed by atoms with E-state index in [1.54, 1.807) is 5.32 Å². The normalized spacial score (nSPS) is 16.1. The van der Waals surface area contributed by atoms with Gasteiger partial charge in [0.15, 0.2) is 12.5 Å². The van der Waals surface area contributed by atoms with Gasteiger partial charge in [-0.3, -0.25) is 0 Å². The maximum Gasteiger partial charge on any atom is 0.314 e. The number of carbonyl (C=O) groups excluding carboxylic acids is 1. The maximum absolute atomic E-state index is 10.0. The number of hydrogen-bond donors (Lipinski definition) is 6. The Morgan fingerprint density at radius 2 is 1.73 bits per heavy atom. The summed E-state index contributed by atoms with van der Waals surface area (Å²) in [6.45, 7) is 0. The van der Waals surface area contributed by atoms with E-state index in [0.717, 1.165) is 0 Å². The summed E-state index contributed by atoms with van der Waals surface area (Å²) >= 11 is 0. The SMILES string of the molecule is NC(=O)NC(O)C(O)C(O)O. The molecule has 0 aliphatic rings. The lowest BCUT2D eigenvalue weighted by Gasteiger charge is -2.18. The van der Waals surface area contributed by atoms with E-state index in [-0.39, 0.29) is 0 Å². The summed E-state index contributed by atoms with van der Waals surface area (Å²) in [5.74, 6) is 0. The van der Waals surface area contributed by atoms with Crippen molar-refractivity contribution >= 4 is 6.03 Å². The molecular formula is C4H10N2O5. The van der Waals surface area contributed by atoms with Gasteiger partial charge in [0.25, 0.3) is 0 Å². The van der Waals surface area contributed by atoms with Crippen LogP contribution in [0, 0.1) is 0 Å². The lowest BCUT2D eigenvalue weighted by atomic mass is 10.3. The highest BCUT2D eigenvalue weighted by Crippen LogP contribution is 1.93. The summed E-state index contributed by atoms with van der Waals surface area (Å²) in [6, 6.07) is -1.07. The molecule has 0 aromatic heterocycles. The zero-order valence-electron chi connectivity index (χ0n) is 5.51. The van der Waals surface area contributed by atoms with Crippen molar-refractivity contribution in [2.24, 2.45) is 5.73 Å². The second-order valence-electron chi connectivity index (χ2n) is 1.86. The molecule has 7 N–H and O–H groups in total. The Labute approximate surface area is 62.1 Å². The summed E-state index contributed by atoms with van der Waals surface area (Å²) in [4.78, 5) is 10.0. The van der Waals surface area contributed by atoms with Gasteiger partial charge in [0.05, 0.1) is 0 Å². The number of urea groups is 1. The van der Waals surface area contributed by atoms with Gasteiger partial charge in [-0.2, -0.15) is 0 Å². The number of amides is 2. The van der Waals surface area contributed by atoms with E-state index in [9.17, 15) is 4.79 Å². The summed E-state index contributed by atoms with van der Waals surface area (Å²) in [6.07, 6.45) is -5.79. The molecule has 0 saturated carbocycles. The van der Waals surface area contributed by atoms with Crippen molar-refractivity contribution < 1.29 is 25.2 Å². The van der Waals surface area contributed by atoms with Gasteiger partial charge in [0.2, 0.25) is 0 Å². The summed E-state index contributed by atoms with van der Waals surface area (Å²) in [5, 5.41) is 35.5. The van der Waals surface area contributed by atoms with Crippen LogP contribution in [0.25, 0.3) is 0 Å². The van der Waals surface area contributed by atoms with Gasteiger partial charge < -0.3 is 31.5 Å². The second-order valence-corrected chi connectivity index (χ2v) is 1.86. The van der Waals surface area contributed by atoms with Gasteiger partial charge in [-0.1, -0.05) is 0 Å². The molecule has 2 unspecified atom stereocenters. The number of rotatable bonds is 3. The van der Waals surface area contributed by atoms with Crippen molar-refractivity contribution in [1.29, 1.82) is 0 Å². The predicted molar refractivity (Wildman–Crippen MR) is 33.0 cm³/mol. The number of nitrogens with two attached hydrogens (primary N) is 1. The Hall–Kier alpha value is -0.890. The lowest BCUT2D eigenvalue weighted by molar-refractivity contribution is -0.160. The zero-order valence-corrected chi connectivity index (χ0v) is 5.51. The molecule has 2 atom stereocenters. The molecule has 0 aliphatic heterocycles. The molecule has 2 amide bonds. The third-order valence-corrected chi connectivity index (χ3v) is 0.919. The average molecular weight is 166 g/mol. The number of nitrogens with one attached hydrogen (secondary N) is 1. The van der Waals surface area contributed by atoms with Crippen LogP contribution >= 0.6 is 0 Å². The molecule has 7 heteroatoms. The number of primary amides is 1. The minimum Gasteiger partial charge on any atom is -0.383 e. The fourth-order valence-corrected chi connectivity index (χ4v) is 0.394. The third kappa shape index (κ3) is 3.73. The van der Waals surface area contributed by atoms with Crippen molar-refractivity contribution in [2.45, 2.75) is 18.6 Å². The monoisotopic (exact) mass is 166 g/mol. The standard InChI is InChI=1S/C4H10N2O5/c5-4(11)6-2(8)1(7)3(9)10/h1-3,7-10H,(H3,5,6,11). The van der Waals surface area contributed by atoms with Gasteiger partial charge in [-0.05, 0) is 0 Å². The van der Waals surface area contributed by atoms with Gasteiger partial charge >= 0.3 is 6.03 Å². The van der Waals surface area contributed by atoms with Crippen molar-refractivity contribution in [1.82, 2.24) is 5.32 Å². The molecule has 0 bridgehead atoms. The van der Waals surface area contributed by atoms with Crippen LogP contribution in [0.2, 0.25) is 0 Å². The van der Waals surface area contributed by atoms with Crippen molar-refractivity contribution in [2.75, 3.05) is 0 Å². The molecule has 11 heavy (non-hydrogen) atoms. The Morgan fingerprint density at radius 1 is 1.27 bits per heavy atom. The molecule has 0 aromatic rings. The van der Waals surface area contributed by atoms with Crippen LogP contribution in [-0.4, -0.2) is 45.1 Å². The minimum atomic E-state index is -2.13. The molecule has 0 radical (unpaired) electrons. The first-order valence-electron chi connectivity index (χ1n) is 2.73. The third-order valence-electron chi connectivity index (χ3n) is 0.919. The van der Waals surface area contributed by atoms with Crippen molar-refractivity contribution in [3.8, 4) is 0 Å². The molecule has 66 valence electrons. The molecule has 0 aliphatic carbocycles. The number of hydrogen-bond acceptors (Lipinski definition) is 5. The maximum atomic E-state index is 10.0. The number of aliphatic hydroxyl groups excluding tert-OH is 3. The van der Waals surface area contributed by atoms with Crippen LogP contribution in [0.4, 0.5) is 4.79 Å². The smallest absolute Gasteiger partial charge is 0.314 e. The predicted octanol–water partition coefficient (Wildman–Crippen LogP) is -3.36. The fourth-order valence-electron chi connectivity index (χ4n) is 0.394. The van der Waals surface area contributed by atoms with Crippen LogP contribution in [0.5, 0.6) is 0 Å². The largest absolute Gasteiger partial charge is 0.383 e. The Balaban J connectivity index is 3.82. The van der Waals surface area contributed by atoms with E-state index in [1.807, 2.05) is 0 Å². The first kappa shape index (κ1) is 10.1. The van der Waals surface area contributed by atoms with E-state index in [1.165, 1.54) is 0 Å². The summed E-state index contributed by atoms with van der Waals surface area (Å²) in [7, 11) is 0. The Morgan fingerprint density at radius 3 is 2.00 bits per heavy atom. The molecule has 0 spiro atoms. The van der Waals surface area contributed by atoms with Crippen LogP contribution < -0.4 is 11.1 Å². The highest BCUT2D eigenvalue weighted by atomic mass is 16.5. The van der Waals surface area contributed by atoms with Crippen molar-refractivity contribution in [3.05, 3.63) is 0 Å². The number of aliphatic hydroxyl groups is 4. The minimum absolute atomic E-state index is 1.07. The fraction of sp³-hybridized carbons (Fsp3) is 0.750. The van der Waals surface area contributed by atoms with Gasteiger partial charge in [0.1, 0.15) is 6.10 Å². The first-order chi connectivity index (χ1) is 4.95. The van der Waals surface area contributed by atoms with Crippen LogP contribution in [0.3, 0.4) is 0 Å². The molecular weight excluding hydrogens is 156 g/mol. The molecule has 0 rings (SSSR count). The molecule has 0 saturated heterocycles. The van der Waals surface area contributed by atoms with Crippen LogP contribution in [0.1, 0.15) is 0 Å². The van der Waals surface area contributed by atoms with Crippen LogP contribution in [0.15, 0.2) is 0 Å². The molecule has 0 aromatic carbocycles. The van der Waals surface area contributed by atoms with Gasteiger partial charge in [-0.25, -0.2) is 4.79 Å². The van der Waals surface area contributed by atoms with Gasteiger partial charge in [0, 0.05) is 0 Å². The average Bonchev–Trinajstić information content (AvgIpc) is 1.84. The van der Waals surface area contributed by atoms with Gasteiger partial charge in [-0.15, -0.1) is 0 Å². The highest BCUT2D eigenvalue weighted by Gasteiger charge is 2.23. The van der Waals surface area contributed by atoms with Crippen molar-refractivity contribution in [3.63, 3.8) is 0 Å². The van der Waals surface area contributed by atoms with E-state index < -0.39 is 24.7 Å². The Kier molecular flexibility index (Phi) is 3.76. The van der Waals surface area contributed by atoms with E-state index in [0.29, 0.717) is 0 Å². The lowest BCUT2D eigenvalue weighted by Crippen LogP contribution is -2.50. The molecule has 0 heterocycles. The number of carbonyl (C=O) groups is 1. The van der Waals surface area contributed by atoms with E-state index in [2.05, 4.69) is 5.73 Å². The zero-order chi connectivity index (χ0) is 9.02. The van der Waals surface area contributed by atoms with E-state index in [4.69, 9.17) is 20.4 Å². The molecule has 0 fully saturated rings. The summed E-state index contributed by atoms with van der Waals surface area (Å²) < 4.78 is 0.